The number of anilines is 2. The Bertz CT molecular complexity index is 1390. The molecule has 0 spiro atoms. The monoisotopic (exact) mass is 513 g/mol. The lowest BCUT2D eigenvalue weighted by atomic mass is 10.2. The predicted octanol–water partition coefficient (Wildman–Crippen LogP) is 5.92. The highest BCUT2D eigenvalue weighted by molar-refractivity contribution is 7.92. The van der Waals surface area contributed by atoms with E-state index in [4.69, 9.17) is 16.3 Å². The molecule has 0 unspecified atom stereocenters. The van der Waals surface area contributed by atoms with Gasteiger partial charge in [0, 0.05) is 27.2 Å². The number of nitrogens with one attached hydrogen (secondary N) is 2. The first kappa shape index (κ1) is 23.7. The number of sulfonamides is 1. The standard InChI is InChI=1S/C24H20ClN3O4S2/c1-2-32-20-11-5-16(6-12-20)22-15-33-24(26-22)27-23(29)17-3-9-19(10-4-17)28-34(30,31)21-13-7-18(25)8-14-21/h3-15,28H,2H2,1H3,(H,26,27,29). The zero-order chi connectivity index (χ0) is 24.1. The molecule has 7 nitrogen and oxygen atoms in total. The lowest BCUT2D eigenvalue weighted by Gasteiger charge is -2.09. The summed E-state index contributed by atoms with van der Waals surface area (Å²) in [5.41, 5.74) is 2.36. The number of hydrogen-bond acceptors (Lipinski definition) is 6. The van der Waals surface area contributed by atoms with Crippen LogP contribution in [-0.4, -0.2) is 25.9 Å². The van der Waals surface area contributed by atoms with Gasteiger partial charge in [-0.2, -0.15) is 0 Å². The van der Waals surface area contributed by atoms with Crippen LogP contribution >= 0.6 is 22.9 Å². The van der Waals surface area contributed by atoms with E-state index in [2.05, 4.69) is 15.0 Å². The Morgan fingerprint density at radius 2 is 1.68 bits per heavy atom. The summed E-state index contributed by atoms with van der Waals surface area (Å²) >= 11 is 7.13. The Morgan fingerprint density at radius 1 is 1.00 bits per heavy atom. The molecule has 3 aromatic carbocycles. The first-order valence-electron chi connectivity index (χ1n) is 10.2. The Kier molecular flexibility index (Phi) is 7.16. The second-order valence-electron chi connectivity index (χ2n) is 7.09. The molecule has 1 aromatic heterocycles. The molecule has 0 saturated heterocycles. The van der Waals surface area contributed by atoms with E-state index in [1.807, 2.05) is 36.6 Å². The first-order valence-corrected chi connectivity index (χ1v) is 13.0. The summed E-state index contributed by atoms with van der Waals surface area (Å²) < 4.78 is 32.9. The van der Waals surface area contributed by atoms with E-state index < -0.39 is 10.0 Å². The minimum atomic E-state index is -3.77. The summed E-state index contributed by atoms with van der Waals surface area (Å²) in [7, 11) is -3.77. The van der Waals surface area contributed by atoms with E-state index in [9.17, 15) is 13.2 Å². The molecule has 0 radical (unpaired) electrons. The number of benzene rings is 3. The third kappa shape index (κ3) is 5.74. The fraction of sp³-hybridized carbons (Fsp3) is 0.0833. The number of thiazole rings is 1. The largest absolute Gasteiger partial charge is 0.494 e. The SMILES string of the molecule is CCOc1ccc(-c2csc(NC(=O)c3ccc(NS(=O)(=O)c4ccc(Cl)cc4)cc3)n2)cc1. The summed E-state index contributed by atoms with van der Waals surface area (Å²) in [6.07, 6.45) is 0. The van der Waals surface area contributed by atoms with Gasteiger partial charge in [-0.1, -0.05) is 11.6 Å². The second-order valence-corrected chi connectivity index (χ2v) is 10.1. The van der Waals surface area contributed by atoms with Crippen LogP contribution in [0.15, 0.2) is 83.1 Å². The zero-order valence-corrected chi connectivity index (χ0v) is 20.4. The highest BCUT2D eigenvalue weighted by Crippen LogP contribution is 2.27. The second kappa shape index (κ2) is 10.3. The molecule has 4 rings (SSSR count). The van der Waals surface area contributed by atoms with E-state index in [-0.39, 0.29) is 10.8 Å². The van der Waals surface area contributed by atoms with Crippen LogP contribution in [0.4, 0.5) is 10.8 Å². The van der Waals surface area contributed by atoms with Crippen molar-refractivity contribution >= 4 is 49.7 Å². The minimum Gasteiger partial charge on any atom is -0.494 e. The van der Waals surface area contributed by atoms with Crippen LogP contribution in [-0.2, 0) is 10.0 Å². The topological polar surface area (TPSA) is 97.4 Å². The molecule has 0 aliphatic rings. The van der Waals surface area contributed by atoms with E-state index in [1.54, 1.807) is 0 Å². The van der Waals surface area contributed by atoms with E-state index in [0.29, 0.717) is 28.0 Å². The summed E-state index contributed by atoms with van der Waals surface area (Å²) in [4.78, 5) is 17.2. The molecule has 0 aliphatic heterocycles. The van der Waals surface area contributed by atoms with Crippen molar-refractivity contribution in [2.45, 2.75) is 11.8 Å². The van der Waals surface area contributed by atoms with Gasteiger partial charge < -0.3 is 4.74 Å². The molecular formula is C24H20ClN3O4S2. The maximum absolute atomic E-state index is 12.6. The Labute approximate surface area is 206 Å². The van der Waals surface area contributed by atoms with Gasteiger partial charge in [-0.15, -0.1) is 11.3 Å². The van der Waals surface area contributed by atoms with Crippen molar-refractivity contribution in [1.29, 1.82) is 0 Å². The van der Waals surface area contributed by atoms with Crippen molar-refractivity contribution in [1.82, 2.24) is 4.98 Å². The van der Waals surface area contributed by atoms with Crippen molar-refractivity contribution < 1.29 is 17.9 Å². The average Bonchev–Trinajstić information content (AvgIpc) is 3.29. The van der Waals surface area contributed by atoms with Crippen molar-refractivity contribution in [3.63, 3.8) is 0 Å². The van der Waals surface area contributed by atoms with Crippen LogP contribution in [0.5, 0.6) is 5.75 Å². The van der Waals surface area contributed by atoms with Crippen molar-refractivity contribution in [2.75, 3.05) is 16.6 Å². The van der Waals surface area contributed by atoms with Crippen LogP contribution in [0.1, 0.15) is 17.3 Å². The fourth-order valence-corrected chi connectivity index (χ4v) is 4.94. The average molecular weight is 514 g/mol. The van der Waals surface area contributed by atoms with Gasteiger partial charge in [0.2, 0.25) is 0 Å². The number of aromatic nitrogens is 1. The van der Waals surface area contributed by atoms with Gasteiger partial charge in [-0.3, -0.25) is 14.8 Å². The third-order valence-corrected chi connectivity index (χ3v) is 7.12. The fourth-order valence-electron chi connectivity index (χ4n) is 3.04. The lowest BCUT2D eigenvalue weighted by molar-refractivity contribution is 0.102. The number of carbonyl (C=O) groups is 1. The Hall–Kier alpha value is -3.40. The normalized spacial score (nSPS) is 11.1. The molecular weight excluding hydrogens is 494 g/mol. The zero-order valence-electron chi connectivity index (χ0n) is 18.0. The molecule has 1 heterocycles. The van der Waals surface area contributed by atoms with Crippen LogP contribution in [0.3, 0.4) is 0 Å². The van der Waals surface area contributed by atoms with Gasteiger partial charge in [-0.05, 0) is 79.7 Å². The molecule has 1 amide bonds. The van der Waals surface area contributed by atoms with Crippen LogP contribution in [0.2, 0.25) is 5.02 Å². The molecule has 34 heavy (non-hydrogen) atoms. The third-order valence-electron chi connectivity index (χ3n) is 4.71. The molecule has 4 aromatic rings. The van der Waals surface area contributed by atoms with Gasteiger partial charge in [0.05, 0.1) is 17.2 Å². The number of hydrogen-bond donors (Lipinski definition) is 2. The number of amides is 1. The first-order chi connectivity index (χ1) is 16.3. The maximum atomic E-state index is 12.6. The summed E-state index contributed by atoms with van der Waals surface area (Å²) in [6, 6.07) is 19.5. The maximum Gasteiger partial charge on any atom is 0.261 e. The molecule has 0 saturated carbocycles. The molecule has 174 valence electrons. The molecule has 10 heteroatoms. The van der Waals surface area contributed by atoms with Gasteiger partial charge in [0.25, 0.3) is 15.9 Å². The van der Waals surface area contributed by atoms with Crippen LogP contribution in [0, 0.1) is 0 Å². The Morgan fingerprint density at radius 3 is 2.32 bits per heavy atom. The number of nitrogens with zero attached hydrogens (tertiary/aromatic N) is 1. The highest BCUT2D eigenvalue weighted by Gasteiger charge is 2.15. The Balaban J connectivity index is 1.40. The number of halogens is 1. The van der Waals surface area contributed by atoms with Crippen molar-refractivity contribution in [3.8, 4) is 17.0 Å². The van der Waals surface area contributed by atoms with Gasteiger partial charge in [0.1, 0.15) is 5.75 Å². The molecule has 0 aliphatic carbocycles. The van der Waals surface area contributed by atoms with E-state index in [0.717, 1.165) is 17.0 Å². The molecule has 2 N–H and O–H groups in total. The smallest absolute Gasteiger partial charge is 0.261 e. The molecule has 0 fully saturated rings. The summed E-state index contributed by atoms with van der Waals surface area (Å²) in [5, 5.41) is 5.54. The summed E-state index contributed by atoms with van der Waals surface area (Å²) in [6.45, 7) is 2.53. The number of rotatable bonds is 8. The van der Waals surface area contributed by atoms with Crippen molar-refractivity contribution in [3.05, 3.63) is 88.8 Å². The van der Waals surface area contributed by atoms with Gasteiger partial charge in [-0.25, -0.2) is 13.4 Å². The highest BCUT2D eigenvalue weighted by atomic mass is 35.5. The number of carbonyl (C=O) groups excluding carboxylic acids is 1. The van der Waals surface area contributed by atoms with E-state index >= 15 is 0 Å². The summed E-state index contributed by atoms with van der Waals surface area (Å²) in [5.74, 6) is 0.439. The van der Waals surface area contributed by atoms with Gasteiger partial charge >= 0.3 is 0 Å². The van der Waals surface area contributed by atoms with Crippen LogP contribution in [0.25, 0.3) is 11.3 Å². The minimum absolute atomic E-state index is 0.0887. The number of ether oxygens (including phenoxy) is 1. The van der Waals surface area contributed by atoms with E-state index in [1.165, 1.54) is 59.9 Å². The van der Waals surface area contributed by atoms with Crippen LogP contribution < -0.4 is 14.8 Å². The quantitative estimate of drug-likeness (QED) is 0.305. The predicted molar refractivity (Wildman–Crippen MR) is 135 cm³/mol. The molecule has 0 atom stereocenters. The van der Waals surface area contributed by atoms with Crippen molar-refractivity contribution in [2.24, 2.45) is 0 Å². The van der Waals surface area contributed by atoms with Gasteiger partial charge in [0.15, 0.2) is 5.13 Å². The lowest BCUT2D eigenvalue weighted by Crippen LogP contribution is -2.14. The molecule has 0 bridgehead atoms.